The third kappa shape index (κ3) is 3.11. The molecule has 2 rings (SSSR count). The molecule has 0 atom stereocenters. The maximum atomic E-state index is 12.4. The Morgan fingerprint density at radius 3 is 2.67 bits per heavy atom. The summed E-state index contributed by atoms with van der Waals surface area (Å²) in [4.78, 5) is 13.4. The Labute approximate surface area is 134 Å². The molecule has 21 heavy (non-hydrogen) atoms. The highest BCUT2D eigenvalue weighted by Crippen LogP contribution is 2.30. The smallest absolute Gasteiger partial charge is 0.265 e. The highest BCUT2D eigenvalue weighted by atomic mass is 79.9. The van der Waals surface area contributed by atoms with Crippen molar-refractivity contribution in [3.05, 3.63) is 26.5 Å². The summed E-state index contributed by atoms with van der Waals surface area (Å²) in [5, 5.41) is 5.19. The van der Waals surface area contributed by atoms with Gasteiger partial charge in [0.15, 0.2) is 0 Å². The quantitative estimate of drug-likeness (QED) is 0.859. The van der Waals surface area contributed by atoms with Crippen LogP contribution in [0.4, 0.5) is 5.88 Å². The second kappa shape index (κ2) is 5.78. The minimum Gasteiger partial charge on any atom is -0.344 e. The summed E-state index contributed by atoms with van der Waals surface area (Å²) in [7, 11) is -0.824. The first kappa shape index (κ1) is 16.0. The molecule has 1 amide bonds. The maximum absolute atomic E-state index is 12.4. The number of carbonyl (C=O) groups excluding carboxylic acids is 1. The van der Waals surface area contributed by atoms with E-state index in [-0.39, 0.29) is 21.6 Å². The Balaban J connectivity index is 2.40. The summed E-state index contributed by atoms with van der Waals surface area (Å²) >= 11 is 4.25. The van der Waals surface area contributed by atoms with Crippen LogP contribution < -0.4 is 4.72 Å². The number of halogens is 1. The van der Waals surface area contributed by atoms with E-state index in [2.05, 4.69) is 25.8 Å². The average Bonchev–Trinajstić information content (AvgIpc) is 3.00. The van der Waals surface area contributed by atoms with Crippen LogP contribution in [0, 0.1) is 6.92 Å². The standard InChI is InChI=1S/C11H12BrN3O4S2/c1-6-8(12)10(19-13-6)14-21(17,18)7-4-5-20-9(7)11(16)15(2)3/h4-5,14H,1-3H3. The van der Waals surface area contributed by atoms with E-state index < -0.39 is 10.0 Å². The lowest BCUT2D eigenvalue weighted by Crippen LogP contribution is -2.23. The molecule has 0 aliphatic rings. The molecular weight excluding hydrogens is 382 g/mol. The van der Waals surface area contributed by atoms with Gasteiger partial charge < -0.3 is 9.42 Å². The van der Waals surface area contributed by atoms with Crippen molar-refractivity contribution in [2.24, 2.45) is 0 Å². The van der Waals surface area contributed by atoms with Crippen LogP contribution in [0.5, 0.6) is 0 Å². The number of carbonyl (C=O) groups is 1. The Kier molecular flexibility index (Phi) is 4.40. The normalized spacial score (nSPS) is 11.4. The Bertz CT molecular complexity index is 779. The predicted molar refractivity (Wildman–Crippen MR) is 82.1 cm³/mol. The zero-order valence-corrected chi connectivity index (χ0v) is 14.6. The highest BCUT2D eigenvalue weighted by Gasteiger charge is 2.27. The van der Waals surface area contributed by atoms with Crippen molar-refractivity contribution in [1.29, 1.82) is 0 Å². The number of aromatic nitrogens is 1. The van der Waals surface area contributed by atoms with E-state index >= 15 is 0 Å². The molecular formula is C11H12BrN3O4S2. The van der Waals surface area contributed by atoms with Gasteiger partial charge in [0.05, 0.1) is 5.69 Å². The summed E-state index contributed by atoms with van der Waals surface area (Å²) in [6.45, 7) is 1.66. The van der Waals surface area contributed by atoms with Crippen LogP contribution >= 0.6 is 27.3 Å². The van der Waals surface area contributed by atoms with Gasteiger partial charge in [-0.05, 0) is 34.3 Å². The summed E-state index contributed by atoms with van der Waals surface area (Å²) in [6, 6.07) is 1.38. The number of hydrogen-bond acceptors (Lipinski definition) is 6. The molecule has 0 spiro atoms. The fourth-order valence-corrected chi connectivity index (χ4v) is 4.28. The van der Waals surface area contributed by atoms with Crippen LogP contribution in [0.2, 0.25) is 0 Å². The number of anilines is 1. The van der Waals surface area contributed by atoms with Gasteiger partial charge in [0, 0.05) is 14.1 Å². The molecule has 10 heteroatoms. The van der Waals surface area contributed by atoms with E-state index in [1.165, 1.54) is 11.0 Å². The molecule has 0 radical (unpaired) electrons. The summed E-state index contributed by atoms with van der Waals surface area (Å²) in [5.74, 6) is -0.403. The van der Waals surface area contributed by atoms with Crippen LogP contribution in [0.1, 0.15) is 15.4 Å². The van der Waals surface area contributed by atoms with E-state index in [4.69, 9.17) is 4.52 Å². The topological polar surface area (TPSA) is 92.5 Å². The molecule has 0 saturated carbocycles. The van der Waals surface area contributed by atoms with Gasteiger partial charge in [-0.1, -0.05) is 5.16 Å². The lowest BCUT2D eigenvalue weighted by atomic mass is 10.4. The summed E-state index contributed by atoms with van der Waals surface area (Å²) < 4.78 is 32.4. The first-order chi connectivity index (χ1) is 9.74. The third-order valence-electron chi connectivity index (χ3n) is 2.54. The largest absolute Gasteiger partial charge is 0.344 e. The van der Waals surface area contributed by atoms with Crippen molar-refractivity contribution in [3.63, 3.8) is 0 Å². The number of nitrogens with one attached hydrogen (secondary N) is 1. The van der Waals surface area contributed by atoms with Crippen molar-refractivity contribution in [1.82, 2.24) is 10.1 Å². The fraction of sp³-hybridized carbons (Fsp3) is 0.273. The third-order valence-corrected chi connectivity index (χ3v) is 5.88. The molecule has 1 N–H and O–H groups in total. The van der Waals surface area contributed by atoms with E-state index in [1.807, 2.05) is 0 Å². The molecule has 0 unspecified atom stereocenters. The molecule has 0 aliphatic carbocycles. The summed E-state index contributed by atoms with van der Waals surface area (Å²) in [5.41, 5.74) is 0.516. The SMILES string of the molecule is Cc1noc(NS(=O)(=O)c2ccsc2C(=O)N(C)C)c1Br. The molecule has 0 aliphatic heterocycles. The highest BCUT2D eigenvalue weighted by molar-refractivity contribution is 9.10. The Morgan fingerprint density at radius 2 is 2.14 bits per heavy atom. The molecule has 0 fully saturated rings. The molecule has 2 heterocycles. The Hall–Kier alpha value is -1.39. The second-order valence-corrected chi connectivity index (χ2v) is 7.69. The van der Waals surface area contributed by atoms with Gasteiger partial charge in [0.2, 0.25) is 0 Å². The van der Waals surface area contributed by atoms with E-state index in [9.17, 15) is 13.2 Å². The summed E-state index contributed by atoms with van der Waals surface area (Å²) in [6.07, 6.45) is 0. The lowest BCUT2D eigenvalue weighted by Gasteiger charge is -2.11. The number of amides is 1. The van der Waals surface area contributed by atoms with Gasteiger partial charge in [0.25, 0.3) is 21.8 Å². The van der Waals surface area contributed by atoms with Crippen molar-refractivity contribution < 1.29 is 17.7 Å². The van der Waals surface area contributed by atoms with Crippen LogP contribution in [0.25, 0.3) is 0 Å². The van der Waals surface area contributed by atoms with Crippen LogP contribution in [0.15, 0.2) is 25.3 Å². The first-order valence-electron chi connectivity index (χ1n) is 5.67. The van der Waals surface area contributed by atoms with E-state index in [1.54, 1.807) is 26.4 Å². The number of rotatable bonds is 4. The van der Waals surface area contributed by atoms with Gasteiger partial charge in [-0.15, -0.1) is 11.3 Å². The zero-order chi connectivity index (χ0) is 15.8. The lowest BCUT2D eigenvalue weighted by molar-refractivity contribution is 0.0829. The van der Waals surface area contributed by atoms with Crippen molar-refractivity contribution in [3.8, 4) is 0 Å². The average molecular weight is 394 g/mol. The number of sulfonamides is 1. The van der Waals surface area contributed by atoms with Crippen molar-refractivity contribution in [2.75, 3.05) is 18.8 Å². The van der Waals surface area contributed by atoms with Gasteiger partial charge in [-0.3, -0.25) is 4.79 Å². The van der Waals surface area contributed by atoms with Crippen LogP contribution in [0.3, 0.4) is 0 Å². The molecule has 0 aromatic carbocycles. The number of thiophene rings is 1. The maximum Gasteiger partial charge on any atom is 0.265 e. The van der Waals surface area contributed by atoms with Gasteiger partial charge in [0.1, 0.15) is 14.2 Å². The first-order valence-corrected chi connectivity index (χ1v) is 8.83. The number of aryl methyl sites for hydroxylation is 1. The molecule has 2 aromatic rings. The van der Waals surface area contributed by atoms with Gasteiger partial charge in [-0.25, -0.2) is 13.1 Å². The fourth-order valence-electron chi connectivity index (χ4n) is 1.47. The molecule has 2 aromatic heterocycles. The molecule has 0 bridgehead atoms. The minimum absolute atomic E-state index is 0.0260. The van der Waals surface area contributed by atoms with Crippen LogP contribution in [-0.2, 0) is 10.0 Å². The molecule has 0 saturated heterocycles. The monoisotopic (exact) mass is 393 g/mol. The minimum atomic E-state index is -3.94. The van der Waals surface area contributed by atoms with Gasteiger partial charge >= 0.3 is 0 Å². The second-order valence-electron chi connectivity index (χ2n) is 4.33. The van der Waals surface area contributed by atoms with Crippen molar-refractivity contribution in [2.45, 2.75) is 11.8 Å². The molecule has 7 nitrogen and oxygen atoms in total. The van der Waals surface area contributed by atoms with Gasteiger partial charge in [-0.2, -0.15) is 0 Å². The van der Waals surface area contributed by atoms with Crippen molar-refractivity contribution >= 4 is 49.1 Å². The van der Waals surface area contributed by atoms with E-state index in [0.717, 1.165) is 11.3 Å². The Morgan fingerprint density at radius 1 is 1.48 bits per heavy atom. The molecule has 114 valence electrons. The predicted octanol–water partition coefficient (Wildman–Crippen LogP) is 2.31. The van der Waals surface area contributed by atoms with E-state index in [0.29, 0.717) is 10.2 Å². The zero-order valence-electron chi connectivity index (χ0n) is 11.4. The number of nitrogens with zero attached hydrogens (tertiary/aromatic N) is 2. The van der Waals surface area contributed by atoms with Crippen LogP contribution in [-0.4, -0.2) is 38.5 Å². The number of hydrogen-bond donors (Lipinski definition) is 1.